The fourth-order valence-electron chi connectivity index (χ4n) is 1.94. The summed E-state index contributed by atoms with van der Waals surface area (Å²) < 4.78 is 14.7. The lowest BCUT2D eigenvalue weighted by Crippen LogP contribution is -2.15. The van der Waals surface area contributed by atoms with Gasteiger partial charge in [-0.1, -0.05) is 0 Å². The molecule has 0 aromatic rings. The Hall–Kier alpha value is -1.20. The predicted molar refractivity (Wildman–Crippen MR) is 60.3 cm³/mol. The van der Waals surface area contributed by atoms with Gasteiger partial charge in [-0.2, -0.15) is 0 Å². The number of ketones is 1. The van der Waals surface area contributed by atoms with Crippen molar-refractivity contribution in [2.45, 2.75) is 25.6 Å². The highest BCUT2D eigenvalue weighted by Crippen LogP contribution is 2.31. The number of carbonyl (C=O) groups is 2. The minimum Gasteiger partial charge on any atom is -0.469 e. The van der Waals surface area contributed by atoms with Gasteiger partial charge >= 0.3 is 5.97 Å². The zero-order valence-electron chi connectivity index (χ0n) is 10.4. The summed E-state index contributed by atoms with van der Waals surface area (Å²) in [4.78, 5) is 22.9. The van der Waals surface area contributed by atoms with Crippen LogP contribution in [0.15, 0.2) is 11.6 Å². The van der Waals surface area contributed by atoms with Gasteiger partial charge in [0.05, 0.1) is 13.5 Å². The molecule has 0 spiro atoms. The lowest BCUT2D eigenvalue weighted by molar-refractivity contribution is -0.141. The third-order valence-corrected chi connectivity index (χ3v) is 2.90. The highest BCUT2D eigenvalue weighted by molar-refractivity contribution is 5.98. The van der Waals surface area contributed by atoms with E-state index in [9.17, 15) is 9.59 Å². The maximum Gasteiger partial charge on any atom is 0.306 e. The first-order valence-corrected chi connectivity index (χ1v) is 5.49. The third kappa shape index (κ3) is 3.64. The Morgan fingerprint density at radius 2 is 2.06 bits per heavy atom. The molecular formula is C12H18O5. The van der Waals surface area contributed by atoms with Gasteiger partial charge in [0.2, 0.25) is 0 Å². The van der Waals surface area contributed by atoms with Crippen molar-refractivity contribution in [3.05, 3.63) is 11.6 Å². The molecule has 1 unspecified atom stereocenters. The van der Waals surface area contributed by atoms with Crippen LogP contribution < -0.4 is 0 Å². The molecule has 0 N–H and O–H groups in total. The van der Waals surface area contributed by atoms with Crippen molar-refractivity contribution < 1.29 is 23.8 Å². The summed E-state index contributed by atoms with van der Waals surface area (Å²) in [5, 5.41) is 0. The maximum atomic E-state index is 11.7. The van der Waals surface area contributed by atoms with Crippen LogP contribution in [0.3, 0.4) is 0 Å². The van der Waals surface area contributed by atoms with E-state index in [1.54, 1.807) is 6.08 Å². The SMILES string of the molecule is COC(=O)CC1CCC(=O)C1=CC(OC)OC. The molecule has 1 atom stereocenters. The Morgan fingerprint density at radius 1 is 1.41 bits per heavy atom. The lowest BCUT2D eigenvalue weighted by atomic mass is 9.98. The smallest absolute Gasteiger partial charge is 0.306 e. The molecule has 0 aromatic heterocycles. The molecule has 17 heavy (non-hydrogen) atoms. The molecule has 0 saturated heterocycles. The molecule has 0 radical (unpaired) electrons. The monoisotopic (exact) mass is 242 g/mol. The number of hydrogen-bond donors (Lipinski definition) is 0. The summed E-state index contributed by atoms with van der Waals surface area (Å²) in [7, 11) is 4.34. The normalized spacial score (nSPS) is 22.5. The number of hydrogen-bond acceptors (Lipinski definition) is 5. The van der Waals surface area contributed by atoms with Crippen molar-refractivity contribution in [3.63, 3.8) is 0 Å². The molecule has 0 aliphatic heterocycles. The molecule has 1 aliphatic rings. The van der Waals surface area contributed by atoms with Crippen molar-refractivity contribution in [3.8, 4) is 0 Å². The van der Waals surface area contributed by atoms with Crippen LogP contribution >= 0.6 is 0 Å². The van der Waals surface area contributed by atoms with Gasteiger partial charge in [-0.25, -0.2) is 0 Å². The molecule has 0 aromatic carbocycles. The minimum atomic E-state index is -0.549. The first kappa shape index (κ1) is 13.9. The van der Waals surface area contributed by atoms with Gasteiger partial charge in [-0.3, -0.25) is 9.59 Å². The molecule has 0 bridgehead atoms. The first-order valence-electron chi connectivity index (χ1n) is 5.49. The van der Waals surface area contributed by atoms with Crippen LogP contribution in [0.1, 0.15) is 19.3 Å². The molecule has 96 valence electrons. The van der Waals surface area contributed by atoms with Crippen LogP contribution in [0.4, 0.5) is 0 Å². The predicted octanol–water partition coefficient (Wildman–Crippen LogP) is 1.07. The lowest BCUT2D eigenvalue weighted by Gasteiger charge is -2.13. The standard InChI is InChI=1S/C12H18O5/c1-15-11(14)6-8-4-5-10(13)9(8)7-12(16-2)17-3/h7-8,12H,4-6H2,1-3H3. The van der Waals surface area contributed by atoms with Gasteiger partial charge in [-0.05, 0) is 24.0 Å². The fraction of sp³-hybridized carbons (Fsp3) is 0.667. The third-order valence-electron chi connectivity index (χ3n) is 2.90. The Kier molecular flexibility index (Phi) is 5.31. The number of carbonyl (C=O) groups excluding carboxylic acids is 2. The Bertz CT molecular complexity index is 317. The number of allylic oxidation sites excluding steroid dienone is 1. The van der Waals surface area contributed by atoms with Crippen LogP contribution in [-0.2, 0) is 23.8 Å². The number of rotatable bonds is 5. The average molecular weight is 242 g/mol. The molecule has 1 aliphatic carbocycles. The van der Waals surface area contributed by atoms with Gasteiger partial charge in [0.15, 0.2) is 12.1 Å². The summed E-state index contributed by atoms with van der Waals surface area (Å²) >= 11 is 0. The van der Waals surface area contributed by atoms with Gasteiger partial charge in [-0.15, -0.1) is 0 Å². The van der Waals surface area contributed by atoms with Crippen LogP contribution in [0.25, 0.3) is 0 Å². The molecule has 5 nitrogen and oxygen atoms in total. The maximum absolute atomic E-state index is 11.7. The highest BCUT2D eigenvalue weighted by atomic mass is 16.7. The summed E-state index contributed by atoms with van der Waals surface area (Å²) in [6, 6.07) is 0. The van der Waals surface area contributed by atoms with Crippen molar-refractivity contribution in [1.29, 1.82) is 0 Å². The Balaban J connectivity index is 2.77. The number of ether oxygens (including phenoxy) is 3. The quantitative estimate of drug-likeness (QED) is 0.410. The summed E-state index contributed by atoms with van der Waals surface area (Å²) in [5.74, 6) is -0.331. The van der Waals surface area contributed by atoms with Gasteiger partial charge in [0.25, 0.3) is 0 Å². The zero-order chi connectivity index (χ0) is 12.8. The van der Waals surface area contributed by atoms with Crippen LogP contribution in [0, 0.1) is 5.92 Å². The second-order valence-electron chi connectivity index (χ2n) is 3.90. The second kappa shape index (κ2) is 6.51. The Labute approximate surface area is 101 Å². The summed E-state index contributed by atoms with van der Waals surface area (Å²) in [6.07, 6.45) is 2.47. The van der Waals surface area contributed by atoms with E-state index in [1.165, 1.54) is 21.3 Å². The first-order chi connectivity index (χ1) is 8.12. The van der Waals surface area contributed by atoms with Crippen LogP contribution in [0.2, 0.25) is 0 Å². The van der Waals surface area contributed by atoms with Crippen molar-refractivity contribution in [2.75, 3.05) is 21.3 Å². The second-order valence-corrected chi connectivity index (χ2v) is 3.90. The van der Waals surface area contributed by atoms with Crippen molar-refractivity contribution in [2.24, 2.45) is 5.92 Å². The average Bonchev–Trinajstić information content (AvgIpc) is 2.67. The van der Waals surface area contributed by atoms with E-state index in [0.717, 1.165) is 0 Å². The number of methoxy groups -OCH3 is 3. The van der Waals surface area contributed by atoms with Crippen LogP contribution in [0.5, 0.6) is 0 Å². The number of esters is 1. The fourth-order valence-corrected chi connectivity index (χ4v) is 1.94. The van der Waals surface area contributed by atoms with Gasteiger partial charge < -0.3 is 14.2 Å². The van der Waals surface area contributed by atoms with E-state index in [2.05, 4.69) is 4.74 Å². The van der Waals surface area contributed by atoms with E-state index >= 15 is 0 Å². The molecule has 1 saturated carbocycles. The molecule has 0 heterocycles. The van der Waals surface area contributed by atoms with Crippen molar-refractivity contribution >= 4 is 11.8 Å². The molecule has 1 fully saturated rings. The molecular weight excluding hydrogens is 224 g/mol. The summed E-state index contributed by atoms with van der Waals surface area (Å²) in [5.41, 5.74) is 0.615. The van der Waals surface area contributed by atoms with E-state index in [-0.39, 0.29) is 24.1 Å². The van der Waals surface area contributed by atoms with Crippen molar-refractivity contribution in [1.82, 2.24) is 0 Å². The van der Waals surface area contributed by atoms with Gasteiger partial charge in [0, 0.05) is 20.6 Å². The Morgan fingerprint density at radius 3 is 2.59 bits per heavy atom. The molecule has 5 heteroatoms. The summed E-state index contributed by atoms with van der Waals surface area (Å²) in [6.45, 7) is 0. The number of Topliss-reactive ketones (excluding diaryl/α,β-unsaturated/α-hetero) is 1. The topological polar surface area (TPSA) is 61.8 Å². The minimum absolute atomic E-state index is 0.0537. The molecule has 0 amide bonds. The molecule has 1 rings (SSSR count). The van der Waals surface area contributed by atoms with Crippen LogP contribution in [-0.4, -0.2) is 39.4 Å². The zero-order valence-corrected chi connectivity index (χ0v) is 10.4. The largest absolute Gasteiger partial charge is 0.469 e. The van der Waals surface area contributed by atoms with E-state index < -0.39 is 6.29 Å². The van der Waals surface area contributed by atoms with E-state index in [4.69, 9.17) is 9.47 Å². The van der Waals surface area contributed by atoms with E-state index in [0.29, 0.717) is 18.4 Å². The highest BCUT2D eigenvalue weighted by Gasteiger charge is 2.31. The van der Waals surface area contributed by atoms with E-state index in [1.807, 2.05) is 0 Å². The van der Waals surface area contributed by atoms with Gasteiger partial charge in [0.1, 0.15) is 0 Å².